The molecule has 26 heavy (non-hydrogen) atoms. The third kappa shape index (κ3) is 5.77. The number of hydrogen-bond acceptors (Lipinski definition) is 5. The Morgan fingerprint density at radius 3 is 2.31 bits per heavy atom. The second-order valence-electron chi connectivity index (χ2n) is 5.44. The number of halogens is 1. The van der Waals surface area contributed by atoms with Crippen LogP contribution in [0.25, 0.3) is 0 Å². The molecule has 0 aliphatic rings. The summed E-state index contributed by atoms with van der Waals surface area (Å²) in [5.41, 5.74) is 1.91. The lowest BCUT2D eigenvalue weighted by molar-refractivity contribution is -0.142. The van der Waals surface area contributed by atoms with Gasteiger partial charge in [-0.2, -0.15) is 0 Å². The highest BCUT2D eigenvalue weighted by atomic mass is 35.5. The third-order valence-electron chi connectivity index (χ3n) is 3.53. The van der Waals surface area contributed by atoms with Crippen LogP contribution in [-0.4, -0.2) is 25.2 Å². The maximum absolute atomic E-state index is 12.0. The Morgan fingerprint density at radius 2 is 1.65 bits per heavy atom. The normalized spacial score (nSPS) is 10.3. The third-order valence-corrected chi connectivity index (χ3v) is 3.77. The lowest BCUT2D eigenvalue weighted by Crippen LogP contribution is -2.10. The highest BCUT2D eigenvalue weighted by Crippen LogP contribution is 2.20. The fraction of sp³-hybridized carbons (Fsp3) is 0.300. The monoisotopic (exact) mass is 376 g/mol. The topological polar surface area (TPSA) is 61.8 Å². The van der Waals surface area contributed by atoms with Gasteiger partial charge in [0.2, 0.25) is 0 Å². The minimum absolute atomic E-state index is 0.173. The molecule has 0 spiro atoms. The van der Waals surface area contributed by atoms with Crippen LogP contribution in [0.5, 0.6) is 5.75 Å². The van der Waals surface area contributed by atoms with E-state index in [4.69, 9.17) is 25.8 Å². The molecule has 138 valence electrons. The zero-order valence-corrected chi connectivity index (χ0v) is 15.5. The van der Waals surface area contributed by atoms with Gasteiger partial charge in [-0.1, -0.05) is 23.7 Å². The molecule has 2 rings (SSSR count). The molecule has 6 heteroatoms. The molecule has 0 bridgehead atoms. The molecule has 0 saturated carbocycles. The maximum atomic E-state index is 12.0. The predicted octanol–water partition coefficient (Wildman–Crippen LogP) is 4.20. The van der Waals surface area contributed by atoms with Crippen LogP contribution in [-0.2, 0) is 27.3 Å². The van der Waals surface area contributed by atoms with Crippen molar-refractivity contribution in [1.29, 1.82) is 0 Å². The van der Waals surface area contributed by atoms with E-state index in [0.717, 1.165) is 5.56 Å². The molecule has 0 unspecified atom stereocenters. The summed E-state index contributed by atoms with van der Waals surface area (Å²) in [6, 6.07) is 12.1. The van der Waals surface area contributed by atoms with Crippen molar-refractivity contribution >= 4 is 23.5 Å². The molecule has 0 fully saturated rings. The number of benzene rings is 2. The van der Waals surface area contributed by atoms with Gasteiger partial charge >= 0.3 is 11.9 Å². The molecular formula is C20H21ClO5. The number of carbonyl (C=O) groups is 2. The Bertz CT molecular complexity index is 755. The smallest absolute Gasteiger partial charge is 0.338 e. The van der Waals surface area contributed by atoms with Crippen LogP contribution in [0, 0.1) is 0 Å². The van der Waals surface area contributed by atoms with Gasteiger partial charge < -0.3 is 14.2 Å². The molecule has 0 saturated heterocycles. The van der Waals surface area contributed by atoms with Gasteiger partial charge in [0, 0.05) is 10.6 Å². The van der Waals surface area contributed by atoms with Gasteiger partial charge in [-0.15, -0.1) is 0 Å². The first-order valence-corrected chi connectivity index (χ1v) is 8.74. The summed E-state index contributed by atoms with van der Waals surface area (Å²) in [6.07, 6.45) is 0.218. The van der Waals surface area contributed by atoms with E-state index < -0.39 is 5.97 Å². The van der Waals surface area contributed by atoms with Crippen molar-refractivity contribution in [1.82, 2.24) is 0 Å². The van der Waals surface area contributed by atoms with Gasteiger partial charge in [0.1, 0.15) is 12.4 Å². The van der Waals surface area contributed by atoms with Crippen molar-refractivity contribution in [2.45, 2.75) is 26.9 Å². The summed E-state index contributed by atoms with van der Waals surface area (Å²) >= 11 is 6.02. The van der Waals surface area contributed by atoms with E-state index in [0.29, 0.717) is 35.1 Å². The van der Waals surface area contributed by atoms with Crippen LogP contribution in [0.4, 0.5) is 0 Å². The second-order valence-corrected chi connectivity index (χ2v) is 5.87. The fourth-order valence-electron chi connectivity index (χ4n) is 2.33. The summed E-state index contributed by atoms with van der Waals surface area (Å²) in [5.74, 6) is -0.0564. The summed E-state index contributed by atoms with van der Waals surface area (Å²) in [4.78, 5) is 23.5. The van der Waals surface area contributed by atoms with Crippen LogP contribution in [0.3, 0.4) is 0 Å². The summed E-state index contributed by atoms with van der Waals surface area (Å²) < 4.78 is 15.7. The molecule has 0 aliphatic heterocycles. The minimum atomic E-state index is -0.410. The fourth-order valence-corrected chi connectivity index (χ4v) is 2.53. The Hall–Kier alpha value is -2.53. The van der Waals surface area contributed by atoms with Crippen LogP contribution in [0.15, 0.2) is 42.5 Å². The minimum Gasteiger partial charge on any atom is -0.489 e. The molecule has 0 aliphatic carbocycles. The van der Waals surface area contributed by atoms with Crippen molar-refractivity contribution in [2.75, 3.05) is 13.2 Å². The predicted molar refractivity (Wildman–Crippen MR) is 98.5 cm³/mol. The first kappa shape index (κ1) is 19.8. The van der Waals surface area contributed by atoms with Crippen molar-refractivity contribution in [3.8, 4) is 5.75 Å². The number of esters is 2. The quantitative estimate of drug-likeness (QED) is 0.646. The van der Waals surface area contributed by atoms with Crippen LogP contribution in [0.1, 0.15) is 35.3 Å². The zero-order valence-electron chi connectivity index (χ0n) is 14.8. The molecule has 2 aromatic rings. The lowest BCUT2D eigenvalue weighted by Gasteiger charge is -2.11. The number of ether oxygens (including phenoxy) is 3. The number of hydrogen-bond donors (Lipinski definition) is 0. The van der Waals surface area contributed by atoms with Gasteiger partial charge in [0.05, 0.1) is 25.2 Å². The van der Waals surface area contributed by atoms with E-state index in [1.54, 1.807) is 56.3 Å². The van der Waals surface area contributed by atoms with Gasteiger partial charge in [-0.25, -0.2) is 4.79 Å². The SMILES string of the molecule is CCOC(=O)Cc1ccc(OCc2cc(Cl)ccc2C(=O)OCC)cc1. The Balaban J connectivity index is 2.03. The van der Waals surface area contributed by atoms with E-state index >= 15 is 0 Å². The van der Waals surface area contributed by atoms with Crippen molar-refractivity contribution in [3.05, 3.63) is 64.2 Å². The summed E-state index contributed by atoms with van der Waals surface area (Å²) in [5, 5.41) is 0.515. The number of rotatable bonds is 8. The maximum Gasteiger partial charge on any atom is 0.338 e. The number of carbonyl (C=O) groups excluding carboxylic acids is 2. The second kappa shape index (κ2) is 9.82. The zero-order chi connectivity index (χ0) is 18.9. The Morgan fingerprint density at radius 1 is 0.962 bits per heavy atom. The van der Waals surface area contributed by atoms with Crippen LogP contribution >= 0.6 is 11.6 Å². The molecule has 0 amide bonds. The molecule has 2 aromatic carbocycles. The van der Waals surface area contributed by atoms with Crippen LogP contribution in [0.2, 0.25) is 5.02 Å². The molecular weight excluding hydrogens is 356 g/mol. The van der Waals surface area contributed by atoms with E-state index in [1.807, 2.05) is 0 Å². The highest BCUT2D eigenvalue weighted by Gasteiger charge is 2.13. The average molecular weight is 377 g/mol. The van der Waals surface area contributed by atoms with E-state index in [2.05, 4.69) is 0 Å². The van der Waals surface area contributed by atoms with E-state index in [-0.39, 0.29) is 19.0 Å². The van der Waals surface area contributed by atoms with Gasteiger partial charge in [0.25, 0.3) is 0 Å². The first-order chi connectivity index (χ1) is 12.5. The molecule has 0 atom stereocenters. The van der Waals surface area contributed by atoms with Gasteiger partial charge in [-0.3, -0.25) is 4.79 Å². The van der Waals surface area contributed by atoms with Crippen molar-refractivity contribution < 1.29 is 23.8 Å². The first-order valence-electron chi connectivity index (χ1n) is 8.36. The highest BCUT2D eigenvalue weighted by molar-refractivity contribution is 6.30. The average Bonchev–Trinajstić information content (AvgIpc) is 2.61. The Kier molecular flexibility index (Phi) is 7.48. The molecule has 5 nitrogen and oxygen atoms in total. The largest absolute Gasteiger partial charge is 0.489 e. The van der Waals surface area contributed by atoms with E-state index in [1.165, 1.54) is 0 Å². The Labute approximate surface area is 157 Å². The molecule has 0 N–H and O–H groups in total. The van der Waals surface area contributed by atoms with Crippen molar-refractivity contribution in [2.24, 2.45) is 0 Å². The lowest BCUT2D eigenvalue weighted by atomic mass is 10.1. The van der Waals surface area contributed by atoms with E-state index in [9.17, 15) is 9.59 Å². The summed E-state index contributed by atoms with van der Waals surface area (Å²) in [6.45, 7) is 4.36. The van der Waals surface area contributed by atoms with Gasteiger partial charge in [0.15, 0.2) is 0 Å². The summed E-state index contributed by atoms with van der Waals surface area (Å²) in [7, 11) is 0. The molecule has 0 radical (unpaired) electrons. The molecule has 0 aromatic heterocycles. The standard InChI is InChI=1S/C20H21ClO5/c1-3-24-19(22)11-14-5-8-17(9-6-14)26-13-15-12-16(21)7-10-18(15)20(23)25-4-2/h5-10,12H,3-4,11,13H2,1-2H3. The van der Waals surface area contributed by atoms with Gasteiger partial charge in [-0.05, 0) is 49.7 Å². The molecule has 0 heterocycles. The van der Waals surface area contributed by atoms with Crippen LogP contribution < -0.4 is 4.74 Å². The van der Waals surface area contributed by atoms with Crippen molar-refractivity contribution in [3.63, 3.8) is 0 Å².